The molecule has 0 aliphatic rings. The molecule has 0 saturated carbocycles. The first-order valence-electron chi connectivity index (χ1n) is 10.8. The van der Waals surface area contributed by atoms with E-state index in [0.717, 1.165) is 5.69 Å². The quantitative estimate of drug-likeness (QED) is 0.394. The topological polar surface area (TPSA) is 119 Å². The number of anilines is 1. The Morgan fingerprint density at radius 2 is 1.83 bits per heavy atom. The monoisotopic (exact) mass is 498 g/mol. The van der Waals surface area contributed by atoms with Crippen molar-refractivity contribution in [3.63, 3.8) is 0 Å². The van der Waals surface area contributed by atoms with Gasteiger partial charge >= 0.3 is 0 Å². The van der Waals surface area contributed by atoms with Gasteiger partial charge in [0.2, 0.25) is 15.8 Å². The van der Waals surface area contributed by atoms with Crippen molar-refractivity contribution in [1.82, 2.24) is 23.9 Å². The number of rotatable bonds is 8. The van der Waals surface area contributed by atoms with E-state index in [0.29, 0.717) is 5.75 Å². The molecule has 0 fully saturated rings. The molecule has 2 aromatic heterocycles. The molecule has 182 valence electrons. The molecule has 2 heterocycles. The lowest BCUT2D eigenvalue weighted by Crippen LogP contribution is -2.30. The molecule has 4 rings (SSSR count). The Hall–Kier alpha value is -3.90. The average molecular weight is 499 g/mol. The molecule has 0 atom stereocenters. The Balaban J connectivity index is 1.73. The first kappa shape index (κ1) is 24.2. The molecule has 10 nitrogen and oxygen atoms in total. The predicted molar refractivity (Wildman–Crippen MR) is 126 cm³/mol. The van der Waals surface area contributed by atoms with Gasteiger partial charge in [0.15, 0.2) is 5.75 Å². The van der Waals surface area contributed by atoms with Gasteiger partial charge < -0.3 is 10.1 Å². The molecule has 0 spiro atoms. The number of sulfonamides is 1. The minimum absolute atomic E-state index is 0.0246. The molecular weight excluding hydrogens is 475 g/mol. The number of carbonyl (C=O) groups excluding carboxylic acids is 1. The van der Waals surface area contributed by atoms with Gasteiger partial charge in [0.1, 0.15) is 11.6 Å². The van der Waals surface area contributed by atoms with Crippen LogP contribution >= 0.6 is 0 Å². The number of halogens is 1. The highest BCUT2D eigenvalue weighted by atomic mass is 32.2. The second-order valence-corrected chi connectivity index (χ2v) is 9.43. The molecule has 1 N–H and O–H groups in total. The standard InChI is InChI=1S/C23H23FN6O4S/c1-4-29(5-2)35(32,33)18-10-11-20(34-17-8-6-16(24)7-9-17)19(14-18)26-22(31)21-27-23-25-13-12-15(3)30(23)28-21/h6-14H,4-5H2,1-3H3,(H,26,31). The maximum absolute atomic E-state index is 13.3. The van der Waals surface area contributed by atoms with E-state index in [9.17, 15) is 17.6 Å². The normalized spacial score (nSPS) is 11.7. The molecule has 1 amide bonds. The van der Waals surface area contributed by atoms with Gasteiger partial charge in [-0.05, 0) is 55.5 Å². The van der Waals surface area contributed by atoms with Gasteiger partial charge in [0, 0.05) is 25.0 Å². The van der Waals surface area contributed by atoms with Crippen LogP contribution in [0.1, 0.15) is 30.2 Å². The summed E-state index contributed by atoms with van der Waals surface area (Å²) in [6.45, 7) is 5.83. The number of nitrogens with one attached hydrogen (secondary N) is 1. The van der Waals surface area contributed by atoms with E-state index in [2.05, 4.69) is 20.4 Å². The summed E-state index contributed by atoms with van der Waals surface area (Å²) in [5.74, 6) is -0.578. The summed E-state index contributed by atoms with van der Waals surface area (Å²) < 4.78 is 48.0. The average Bonchev–Trinajstić information content (AvgIpc) is 3.28. The van der Waals surface area contributed by atoms with E-state index in [1.165, 1.54) is 51.3 Å². The van der Waals surface area contributed by atoms with Crippen LogP contribution in [0.5, 0.6) is 11.5 Å². The molecule has 0 saturated heterocycles. The molecule has 0 aliphatic heterocycles. The molecule has 0 unspecified atom stereocenters. The lowest BCUT2D eigenvalue weighted by molar-refractivity contribution is 0.101. The lowest BCUT2D eigenvalue weighted by atomic mass is 10.2. The summed E-state index contributed by atoms with van der Waals surface area (Å²) >= 11 is 0. The number of hydrogen-bond donors (Lipinski definition) is 1. The van der Waals surface area contributed by atoms with Crippen molar-refractivity contribution in [3.8, 4) is 11.5 Å². The van der Waals surface area contributed by atoms with Crippen LogP contribution < -0.4 is 10.1 Å². The van der Waals surface area contributed by atoms with Gasteiger partial charge in [-0.3, -0.25) is 4.79 Å². The van der Waals surface area contributed by atoms with Crippen LogP contribution in [0.25, 0.3) is 5.78 Å². The third kappa shape index (κ3) is 4.98. The number of hydrogen-bond acceptors (Lipinski definition) is 7. The van der Waals surface area contributed by atoms with Crippen molar-refractivity contribution in [2.45, 2.75) is 25.7 Å². The van der Waals surface area contributed by atoms with Crippen molar-refractivity contribution in [2.75, 3.05) is 18.4 Å². The Bertz CT molecular complexity index is 1480. The van der Waals surface area contributed by atoms with Crippen LogP contribution in [0.15, 0.2) is 59.6 Å². The number of ether oxygens (including phenoxy) is 1. The van der Waals surface area contributed by atoms with Crippen LogP contribution in [-0.2, 0) is 10.0 Å². The van der Waals surface area contributed by atoms with Crippen molar-refractivity contribution in [3.05, 3.63) is 72.1 Å². The number of nitrogens with zero attached hydrogens (tertiary/aromatic N) is 5. The summed E-state index contributed by atoms with van der Waals surface area (Å²) in [5, 5.41) is 6.82. The maximum Gasteiger partial charge on any atom is 0.295 e. The highest BCUT2D eigenvalue weighted by molar-refractivity contribution is 7.89. The summed E-state index contributed by atoms with van der Waals surface area (Å²) in [6.07, 6.45) is 1.55. The summed E-state index contributed by atoms with van der Waals surface area (Å²) in [6, 6.07) is 11.1. The summed E-state index contributed by atoms with van der Waals surface area (Å²) in [5.41, 5.74) is 0.810. The van der Waals surface area contributed by atoms with Gasteiger partial charge in [-0.1, -0.05) is 13.8 Å². The van der Waals surface area contributed by atoms with E-state index in [-0.39, 0.29) is 41.0 Å². The Morgan fingerprint density at radius 1 is 1.11 bits per heavy atom. The second kappa shape index (κ2) is 9.76. The summed E-state index contributed by atoms with van der Waals surface area (Å²) in [4.78, 5) is 21.2. The smallest absolute Gasteiger partial charge is 0.295 e. The van der Waals surface area contributed by atoms with Gasteiger partial charge in [-0.15, -0.1) is 5.10 Å². The molecule has 4 aromatic rings. The second-order valence-electron chi connectivity index (χ2n) is 7.49. The lowest BCUT2D eigenvalue weighted by Gasteiger charge is -2.20. The minimum Gasteiger partial charge on any atom is -0.455 e. The van der Waals surface area contributed by atoms with Crippen LogP contribution in [0.4, 0.5) is 10.1 Å². The van der Waals surface area contributed by atoms with E-state index < -0.39 is 21.7 Å². The first-order valence-corrected chi connectivity index (χ1v) is 12.2. The zero-order chi connectivity index (χ0) is 25.2. The van der Waals surface area contributed by atoms with Crippen LogP contribution in [-0.4, -0.2) is 51.3 Å². The first-order chi connectivity index (χ1) is 16.7. The predicted octanol–water partition coefficient (Wildman–Crippen LogP) is 3.65. The zero-order valence-electron chi connectivity index (χ0n) is 19.3. The van der Waals surface area contributed by atoms with Gasteiger partial charge in [-0.25, -0.2) is 22.3 Å². The Morgan fingerprint density at radius 3 is 2.49 bits per heavy atom. The van der Waals surface area contributed by atoms with Crippen LogP contribution in [0.2, 0.25) is 0 Å². The molecular formula is C23H23FN6O4S. The fraction of sp³-hybridized carbons (Fsp3) is 0.217. The zero-order valence-corrected chi connectivity index (χ0v) is 20.1. The highest BCUT2D eigenvalue weighted by Crippen LogP contribution is 2.33. The number of fused-ring (bicyclic) bond motifs is 1. The highest BCUT2D eigenvalue weighted by Gasteiger charge is 2.24. The number of amides is 1. The molecule has 2 aromatic carbocycles. The third-order valence-corrected chi connectivity index (χ3v) is 7.26. The van der Waals surface area contributed by atoms with Crippen molar-refractivity contribution in [1.29, 1.82) is 0 Å². The number of carbonyl (C=O) groups is 1. The summed E-state index contributed by atoms with van der Waals surface area (Å²) in [7, 11) is -3.81. The fourth-order valence-corrected chi connectivity index (χ4v) is 4.86. The molecule has 0 radical (unpaired) electrons. The number of aromatic nitrogens is 4. The van der Waals surface area contributed by atoms with Crippen LogP contribution in [0.3, 0.4) is 0 Å². The van der Waals surface area contributed by atoms with E-state index >= 15 is 0 Å². The van der Waals surface area contributed by atoms with E-state index in [1.54, 1.807) is 33.0 Å². The molecule has 35 heavy (non-hydrogen) atoms. The van der Waals surface area contributed by atoms with Gasteiger partial charge in [-0.2, -0.15) is 9.29 Å². The minimum atomic E-state index is -3.81. The molecule has 0 bridgehead atoms. The largest absolute Gasteiger partial charge is 0.455 e. The van der Waals surface area contributed by atoms with Crippen LogP contribution in [0, 0.1) is 12.7 Å². The SMILES string of the molecule is CCN(CC)S(=O)(=O)c1ccc(Oc2ccc(F)cc2)c(NC(=O)c2nc3nccc(C)n3n2)c1. The van der Waals surface area contributed by atoms with Gasteiger partial charge in [0.25, 0.3) is 11.7 Å². The Labute approximate surface area is 201 Å². The fourth-order valence-electron chi connectivity index (χ4n) is 3.38. The molecule has 0 aliphatic carbocycles. The number of benzene rings is 2. The number of aryl methyl sites for hydroxylation is 1. The van der Waals surface area contributed by atoms with Crippen molar-refractivity contribution < 1.29 is 22.3 Å². The Kier molecular flexibility index (Phi) is 6.76. The van der Waals surface area contributed by atoms with Gasteiger partial charge in [0.05, 0.1) is 10.6 Å². The third-order valence-electron chi connectivity index (χ3n) is 5.22. The van der Waals surface area contributed by atoms with E-state index in [4.69, 9.17) is 4.74 Å². The maximum atomic E-state index is 13.3. The van der Waals surface area contributed by atoms with E-state index in [1.807, 2.05) is 0 Å². The molecule has 12 heteroatoms. The van der Waals surface area contributed by atoms with Crippen molar-refractivity contribution >= 4 is 27.4 Å². The van der Waals surface area contributed by atoms with Crippen molar-refractivity contribution in [2.24, 2.45) is 0 Å².